The lowest BCUT2D eigenvalue weighted by atomic mass is 9.95. The van der Waals surface area contributed by atoms with E-state index in [2.05, 4.69) is 36.1 Å². The molecule has 0 saturated carbocycles. The molecule has 1 atom stereocenters. The van der Waals surface area contributed by atoms with Crippen molar-refractivity contribution >= 4 is 11.6 Å². The second-order valence-electron chi connectivity index (χ2n) is 5.91. The highest BCUT2D eigenvalue weighted by molar-refractivity contribution is 5.83. The Balaban J connectivity index is 2.46. The Bertz CT molecular complexity index is 417. The number of rotatable bonds is 10. The van der Waals surface area contributed by atoms with Crippen molar-refractivity contribution in [2.24, 2.45) is 11.5 Å². The van der Waals surface area contributed by atoms with E-state index in [9.17, 15) is 4.79 Å². The minimum atomic E-state index is -0.888. The van der Waals surface area contributed by atoms with Crippen LogP contribution in [-0.2, 0) is 4.79 Å². The van der Waals surface area contributed by atoms with Crippen LogP contribution in [0, 0.1) is 0 Å². The van der Waals surface area contributed by atoms with E-state index in [-0.39, 0.29) is 0 Å². The van der Waals surface area contributed by atoms with Crippen molar-refractivity contribution in [2.45, 2.75) is 51.5 Å². The molecule has 4 nitrogen and oxygen atoms in total. The molecular formula is C17H29N3O. The number of nitrogens with zero attached hydrogens (tertiary/aromatic N) is 1. The van der Waals surface area contributed by atoms with Gasteiger partial charge in [-0.1, -0.05) is 31.5 Å². The van der Waals surface area contributed by atoms with E-state index in [1.807, 2.05) is 6.07 Å². The third-order valence-corrected chi connectivity index (χ3v) is 3.84. The molecule has 0 heterocycles. The summed E-state index contributed by atoms with van der Waals surface area (Å²) < 4.78 is 0. The van der Waals surface area contributed by atoms with Gasteiger partial charge in [0, 0.05) is 18.8 Å². The van der Waals surface area contributed by atoms with Crippen LogP contribution in [0.15, 0.2) is 30.3 Å². The van der Waals surface area contributed by atoms with Crippen LogP contribution in [0.3, 0.4) is 0 Å². The molecule has 1 aromatic carbocycles. The zero-order chi connectivity index (χ0) is 15.7. The van der Waals surface area contributed by atoms with Gasteiger partial charge in [0.2, 0.25) is 5.91 Å². The number of hydrogen-bond donors (Lipinski definition) is 2. The van der Waals surface area contributed by atoms with Gasteiger partial charge in [0.25, 0.3) is 0 Å². The molecule has 1 aromatic rings. The second kappa shape index (κ2) is 8.67. The number of hydrogen-bond acceptors (Lipinski definition) is 3. The zero-order valence-electron chi connectivity index (χ0n) is 13.3. The maximum Gasteiger partial charge on any atom is 0.237 e. The van der Waals surface area contributed by atoms with Crippen LogP contribution in [0.2, 0.25) is 0 Å². The number of unbranched alkanes of at least 4 members (excludes halogenated alkanes) is 2. The number of carbonyl (C=O) groups excluding carboxylic acids is 1. The Hall–Kier alpha value is -1.55. The van der Waals surface area contributed by atoms with E-state index >= 15 is 0 Å². The number of benzene rings is 1. The fraction of sp³-hybridized carbons (Fsp3) is 0.588. The summed E-state index contributed by atoms with van der Waals surface area (Å²) in [5, 5.41) is 0. The van der Waals surface area contributed by atoms with Crippen LogP contribution >= 0.6 is 0 Å². The highest BCUT2D eigenvalue weighted by atomic mass is 16.1. The molecule has 118 valence electrons. The van der Waals surface area contributed by atoms with Crippen molar-refractivity contribution in [3.63, 3.8) is 0 Å². The molecule has 0 saturated heterocycles. The zero-order valence-corrected chi connectivity index (χ0v) is 13.3. The Morgan fingerprint density at radius 1 is 1.14 bits per heavy atom. The number of amides is 1. The van der Waals surface area contributed by atoms with Crippen molar-refractivity contribution in [3.8, 4) is 0 Å². The van der Waals surface area contributed by atoms with Gasteiger partial charge in [-0.25, -0.2) is 0 Å². The lowest BCUT2D eigenvalue weighted by Crippen LogP contribution is -2.49. The molecule has 0 bridgehead atoms. The van der Waals surface area contributed by atoms with Crippen molar-refractivity contribution in [1.29, 1.82) is 0 Å². The van der Waals surface area contributed by atoms with Crippen LogP contribution in [-0.4, -0.2) is 24.5 Å². The fourth-order valence-corrected chi connectivity index (χ4v) is 2.28. The summed E-state index contributed by atoms with van der Waals surface area (Å²) in [6.07, 6.45) is 4.93. The van der Waals surface area contributed by atoms with Gasteiger partial charge in [-0.05, 0) is 44.7 Å². The van der Waals surface area contributed by atoms with Crippen LogP contribution in [0.1, 0.15) is 46.0 Å². The molecular weight excluding hydrogens is 262 g/mol. The third kappa shape index (κ3) is 6.17. The average Bonchev–Trinajstić information content (AvgIpc) is 2.47. The number of primary amides is 1. The van der Waals surface area contributed by atoms with Gasteiger partial charge in [0.05, 0.1) is 5.54 Å². The highest BCUT2D eigenvalue weighted by Crippen LogP contribution is 2.16. The molecule has 1 rings (SSSR count). The standard InChI is InChI=1S/C17H29N3O/c1-3-4-13-20(15-10-6-5-7-11-15)14-9-8-12-17(2,19)16(18)21/h5-7,10-11H,3-4,8-9,12-14,19H2,1-2H3,(H2,18,21). The maximum atomic E-state index is 11.2. The quantitative estimate of drug-likeness (QED) is 0.651. The van der Waals surface area contributed by atoms with Crippen LogP contribution in [0.25, 0.3) is 0 Å². The Kier molecular flexibility index (Phi) is 7.23. The maximum absolute atomic E-state index is 11.2. The Labute approximate surface area is 128 Å². The lowest BCUT2D eigenvalue weighted by molar-refractivity contribution is -0.122. The average molecular weight is 291 g/mol. The Morgan fingerprint density at radius 2 is 1.76 bits per heavy atom. The first-order valence-corrected chi connectivity index (χ1v) is 7.86. The van der Waals surface area contributed by atoms with Gasteiger partial charge >= 0.3 is 0 Å². The molecule has 0 aliphatic rings. The summed E-state index contributed by atoms with van der Waals surface area (Å²) in [6.45, 7) is 5.96. The van der Waals surface area contributed by atoms with Crippen LogP contribution in [0.4, 0.5) is 5.69 Å². The monoisotopic (exact) mass is 291 g/mol. The topological polar surface area (TPSA) is 72.3 Å². The van der Waals surface area contributed by atoms with Crippen molar-refractivity contribution < 1.29 is 4.79 Å². The number of nitrogens with two attached hydrogens (primary N) is 2. The second-order valence-corrected chi connectivity index (χ2v) is 5.91. The number of carbonyl (C=O) groups is 1. The van der Waals surface area contributed by atoms with Gasteiger partial charge in [0.1, 0.15) is 0 Å². The molecule has 0 aliphatic carbocycles. The first kappa shape index (κ1) is 17.5. The van der Waals surface area contributed by atoms with E-state index < -0.39 is 11.4 Å². The summed E-state index contributed by atoms with van der Waals surface area (Å²) in [5.41, 5.74) is 11.5. The number of anilines is 1. The molecule has 4 heteroatoms. The summed E-state index contributed by atoms with van der Waals surface area (Å²) in [7, 11) is 0. The summed E-state index contributed by atoms with van der Waals surface area (Å²) >= 11 is 0. The lowest BCUT2D eigenvalue weighted by Gasteiger charge is -2.26. The molecule has 0 aromatic heterocycles. The Morgan fingerprint density at radius 3 is 2.33 bits per heavy atom. The van der Waals surface area contributed by atoms with Gasteiger partial charge in [-0.2, -0.15) is 0 Å². The van der Waals surface area contributed by atoms with E-state index in [1.54, 1.807) is 6.92 Å². The van der Waals surface area contributed by atoms with Crippen LogP contribution < -0.4 is 16.4 Å². The largest absolute Gasteiger partial charge is 0.372 e. The van der Waals surface area contributed by atoms with E-state index in [0.717, 1.165) is 25.9 Å². The molecule has 4 N–H and O–H groups in total. The minimum absolute atomic E-state index is 0.423. The van der Waals surface area contributed by atoms with Crippen molar-refractivity contribution in [3.05, 3.63) is 30.3 Å². The molecule has 1 unspecified atom stereocenters. The van der Waals surface area contributed by atoms with E-state index in [4.69, 9.17) is 11.5 Å². The van der Waals surface area contributed by atoms with Gasteiger partial charge in [-0.15, -0.1) is 0 Å². The van der Waals surface area contributed by atoms with Crippen molar-refractivity contribution in [2.75, 3.05) is 18.0 Å². The summed E-state index contributed by atoms with van der Waals surface area (Å²) in [6, 6.07) is 10.5. The SMILES string of the molecule is CCCCN(CCCCC(C)(N)C(N)=O)c1ccccc1. The van der Waals surface area contributed by atoms with Crippen molar-refractivity contribution in [1.82, 2.24) is 0 Å². The predicted octanol–water partition coefficient (Wildman–Crippen LogP) is 2.67. The van der Waals surface area contributed by atoms with Crippen LogP contribution in [0.5, 0.6) is 0 Å². The first-order chi connectivity index (χ1) is 9.97. The number of para-hydroxylation sites is 1. The molecule has 0 radical (unpaired) electrons. The van der Waals surface area contributed by atoms with Gasteiger partial charge in [0.15, 0.2) is 0 Å². The van der Waals surface area contributed by atoms with E-state index in [0.29, 0.717) is 6.42 Å². The molecule has 1 amide bonds. The van der Waals surface area contributed by atoms with Gasteiger partial charge in [-0.3, -0.25) is 4.79 Å². The minimum Gasteiger partial charge on any atom is -0.372 e. The molecule has 21 heavy (non-hydrogen) atoms. The van der Waals surface area contributed by atoms with Gasteiger partial charge < -0.3 is 16.4 Å². The molecule has 0 fully saturated rings. The normalized spacial score (nSPS) is 13.7. The molecule has 0 aliphatic heterocycles. The highest BCUT2D eigenvalue weighted by Gasteiger charge is 2.24. The smallest absolute Gasteiger partial charge is 0.237 e. The van der Waals surface area contributed by atoms with E-state index in [1.165, 1.54) is 18.5 Å². The summed E-state index contributed by atoms with van der Waals surface area (Å²) in [5.74, 6) is -0.423. The molecule has 0 spiro atoms. The first-order valence-electron chi connectivity index (χ1n) is 7.86. The predicted molar refractivity (Wildman–Crippen MR) is 89.2 cm³/mol. The fourth-order valence-electron chi connectivity index (χ4n) is 2.28. The third-order valence-electron chi connectivity index (χ3n) is 3.84. The summed E-state index contributed by atoms with van der Waals surface area (Å²) in [4.78, 5) is 13.6.